The van der Waals surface area contributed by atoms with Crippen LogP contribution in [0.15, 0.2) is 18.3 Å². The minimum absolute atomic E-state index is 0.0348. The third-order valence-corrected chi connectivity index (χ3v) is 3.49. The van der Waals surface area contributed by atoms with Crippen molar-refractivity contribution in [2.75, 3.05) is 18.0 Å². The van der Waals surface area contributed by atoms with E-state index in [0.717, 1.165) is 31.5 Å². The molecule has 18 heavy (non-hydrogen) atoms. The quantitative estimate of drug-likeness (QED) is 0.859. The van der Waals surface area contributed by atoms with Crippen LogP contribution in [0.2, 0.25) is 0 Å². The zero-order chi connectivity index (χ0) is 12.5. The monoisotopic (exact) mass is 247 g/mol. The minimum Gasteiger partial charge on any atom is -0.474 e. The molecule has 5 heteroatoms. The van der Waals surface area contributed by atoms with Gasteiger partial charge in [0, 0.05) is 19.2 Å². The molecule has 1 aliphatic heterocycles. The van der Waals surface area contributed by atoms with Crippen molar-refractivity contribution in [1.29, 1.82) is 0 Å². The van der Waals surface area contributed by atoms with Crippen LogP contribution in [-0.4, -0.2) is 30.1 Å². The summed E-state index contributed by atoms with van der Waals surface area (Å²) in [5.74, 6) is 0.443. The molecule has 2 heterocycles. The Labute approximate surface area is 106 Å². The highest BCUT2D eigenvalue weighted by molar-refractivity contribution is 5.78. The van der Waals surface area contributed by atoms with E-state index in [2.05, 4.69) is 9.88 Å². The van der Waals surface area contributed by atoms with Gasteiger partial charge < -0.3 is 15.4 Å². The molecule has 2 aliphatic rings. The van der Waals surface area contributed by atoms with Gasteiger partial charge in [0.1, 0.15) is 6.10 Å². The summed E-state index contributed by atoms with van der Waals surface area (Å²) < 4.78 is 5.60. The molecular weight excluding hydrogens is 230 g/mol. The fourth-order valence-corrected chi connectivity index (χ4v) is 2.21. The number of carbonyl (C=O) groups is 1. The van der Waals surface area contributed by atoms with E-state index in [9.17, 15) is 4.79 Å². The Hall–Kier alpha value is -1.78. The molecule has 96 valence electrons. The molecule has 3 rings (SSSR count). The van der Waals surface area contributed by atoms with Crippen molar-refractivity contribution >= 4 is 11.6 Å². The lowest BCUT2D eigenvalue weighted by atomic mass is 10.1. The molecule has 0 bridgehead atoms. The van der Waals surface area contributed by atoms with Crippen molar-refractivity contribution in [3.8, 4) is 5.88 Å². The molecule has 0 spiro atoms. The lowest BCUT2D eigenvalue weighted by molar-refractivity contribution is -0.121. The van der Waals surface area contributed by atoms with Crippen molar-refractivity contribution in [3.05, 3.63) is 18.3 Å². The van der Waals surface area contributed by atoms with E-state index < -0.39 is 0 Å². The maximum absolute atomic E-state index is 11.1. The van der Waals surface area contributed by atoms with E-state index in [1.807, 2.05) is 12.1 Å². The minimum atomic E-state index is -0.209. The van der Waals surface area contributed by atoms with Gasteiger partial charge in [-0.15, -0.1) is 0 Å². The number of ether oxygens (including phenoxy) is 1. The molecule has 0 aromatic carbocycles. The van der Waals surface area contributed by atoms with E-state index in [4.69, 9.17) is 10.5 Å². The predicted molar refractivity (Wildman–Crippen MR) is 67.4 cm³/mol. The summed E-state index contributed by atoms with van der Waals surface area (Å²) in [4.78, 5) is 17.6. The average Bonchev–Trinajstić information content (AvgIpc) is 3.04. The van der Waals surface area contributed by atoms with Crippen molar-refractivity contribution in [2.24, 2.45) is 11.7 Å². The van der Waals surface area contributed by atoms with Crippen molar-refractivity contribution in [2.45, 2.75) is 25.4 Å². The number of nitrogens with two attached hydrogens (primary N) is 1. The molecule has 1 saturated heterocycles. The first-order chi connectivity index (χ1) is 8.72. The number of nitrogens with zero attached hydrogens (tertiary/aromatic N) is 2. The fraction of sp³-hybridized carbons (Fsp3) is 0.538. The number of rotatable bonds is 4. The van der Waals surface area contributed by atoms with Gasteiger partial charge in [0.15, 0.2) is 0 Å². The predicted octanol–water partition coefficient (Wildman–Crippen LogP) is 0.934. The van der Waals surface area contributed by atoms with Gasteiger partial charge in [-0.25, -0.2) is 4.98 Å². The Morgan fingerprint density at radius 1 is 1.39 bits per heavy atom. The summed E-state index contributed by atoms with van der Waals surface area (Å²) in [5.41, 5.74) is 6.35. The lowest BCUT2D eigenvalue weighted by Gasteiger charge is -2.17. The van der Waals surface area contributed by atoms with Crippen molar-refractivity contribution in [3.63, 3.8) is 0 Å². The topological polar surface area (TPSA) is 68.5 Å². The Kier molecular flexibility index (Phi) is 2.81. The van der Waals surface area contributed by atoms with Gasteiger partial charge in [0.05, 0.1) is 17.8 Å². The number of pyridine rings is 1. The van der Waals surface area contributed by atoms with Crippen LogP contribution in [0.3, 0.4) is 0 Å². The van der Waals surface area contributed by atoms with Crippen LogP contribution in [0.5, 0.6) is 5.88 Å². The highest BCUT2D eigenvalue weighted by Crippen LogP contribution is 2.28. The summed E-state index contributed by atoms with van der Waals surface area (Å²) in [5, 5.41) is 0. The Bertz CT molecular complexity index is 442. The van der Waals surface area contributed by atoms with Crippen LogP contribution < -0.4 is 15.4 Å². The van der Waals surface area contributed by atoms with Crippen molar-refractivity contribution in [1.82, 2.24) is 4.98 Å². The van der Waals surface area contributed by atoms with E-state index >= 15 is 0 Å². The third-order valence-electron chi connectivity index (χ3n) is 3.49. The first kappa shape index (κ1) is 11.3. The molecule has 0 radical (unpaired) electrons. The van der Waals surface area contributed by atoms with E-state index in [1.165, 1.54) is 0 Å². The number of carbonyl (C=O) groups excluding carboxylic acids is 1. The van der Waals surface area contributed by atoms with Gasteiger partial charge in [0.2, 0.25) is 11.8 Å². The van der Waals surface area contributed by atoms with Gasteiger partial charge in [-0.1, -0.05) is 0 Å². The second-order valence-corrected chi connectivity index (χ2v) is 5.01. The summed E-state index contributed by atoms with van der Waals surface area (Å²) in [7, 11) is 0. The Morgan fingerprint density at radius 3 is 2.78 bits per heavy atom. The molecule has 1 aromatic heterocycles. The molecule has 1 aliphatic carbocycles. The number of hydrogen-bond donors (Lipinski definition) is 1. The zero-order valence-electron chi connectivity index (χ0n) is 10.2. The molecular formula is C13H17N3O2. The van der Waals surface area contributed by atoms with Gasteiger partial charge in [-0.3, -0.25) is 4.79 Å². The molecule has 1 saturated carbocycles. The first-order valence-electron chi connectivity index (χ1n) is 6.39. The number of aromatic nitrogens is 1. The number of primary amides is 1. The van der Waals surface area contributed by atoms with Gasteiger partial charge in [0.25, 0.3) is 0 Å². The molecule has 1 atom stereocenters. The van der Waals surface area contributed by atoms with E-state index in [0.29, 0.717) is 18.5 Å². The smallest absolute Gasteiger partial charge is 0.222 e. The van der Waals surface area contributed by atoms with Crippen LogP contribution in [0.1, 0.15) is 19.3 Å². The normalized spacial score (nSPS) is 23.1. The third kappa shape index (κ3) is 2.39. The summed E-state index contributed by atoms with van der Waals surface area (Å²) in [6.45, 7) is 1.55. The summed E-state index contributed by atoms with van der Waals surface area (Å²) >= 11 is 0. The SMILES string of the molecule is NC(=O)[C@H]1CCN(c2ccc(OC3CC3)nc2)C1. The fourth-order valence-electron chi connectivity index (χ4n) is 2.21. The maximum Gasteiger partial charge on any atom is 0.222 e. The highest BCUT2D eigenvalue weighted by Gasteiger charge is 2.27. The average molecular weight is 247 g/mol. The Morgan fingerprint density at radius 2 is 2.22 bits per heavy atom. The zero-order valence-corrected chi connectivity index (χ0v) is 10.2. The first-order valence-corrected chi connectivity index (χ1v) is 6.39. The lowest BCUT2D eigenvalue weighted by Crippen LogP contribution is -2.27. The van der Waals surface area contributed by atoms with Crippen LogP contribution in [-0.2, 0) is 4.79 Å². The largest absolute Gasteiger partial charge is 0.474 e. The van der Waals surface area contributed by atoms with Crippen LogP contribution in [0, 0.1) is 5.92 Å². The van der Waals surface area contributed by atoms with Gasteiger partial charge in [-0.05, 0) is 25.3 Å². The molecule has 5 nitrogen and oxygen atoms in total. The molecule has 0 unspecified atom stereocenters. The van der Waals surface area contributed by atoms with E-state index in [1.54, 1.807) is 6.20 Å². The standard InChI is InChI=1S/C13H17N3O2/c14-13(17)9-5-6-16(8-9)10-1-4-12(15-7-10)18-11-2-3-11/h1,4,7,9,11H,2-3,5-6,8H2,(H2,14,17)/t9-/m0/s1. The van der Waals surface area contributed by atoms with Gasteiger partial charge in [-0.2, -0.15) is 0 Å². The van der Waals surface area contributed by atoms with Crippen molar-refractivity contribution < 1.29 is 9.53 Å². The van der Waals surface area contributed by atoms with Gasteiger partial charge >= 0.3 is 0 Å². The number of anilines is 1. The summed E-state index contributed by atoms with van der Waals surface area (Å²) in [6.07, 6.45) is 5.27. The second-order valence-electron chi connectivity index (χ2n) is 5.01. The molecule has 1 amide bonds. The highest BCUT2D eigenvalue weighted by atomic mass is 16.5. The number of hydrogen-bond acceptors (Lipinski definition) is 4. The van der Waals surface area contributed by atoms with Crippen LogP contribution >= 0.6 is 0 Å². The summed E-state index contributed by atoms with van der Waals surface area (Å²) in [6, 6.07) is 3.89. The molecule has 2 N–H and O–H groups in total. The maximum atomic E-state index is 11.1. The van der Waals surface area contributed by atoms with E-state index in [-0.39, 0.29) is 11.8 Å². The number of amides is 1. The second kappa shape index (κ2) is 4.48. The molecule has 1 aromatic rings. The van der Waals surface area contributed by atoms with Crippen LogP contribution in [0.4, 0.5) is 5.69 Å². The van der Waals surface area contributed by atoms with Crippen LogP contribution in [0.25, 0.3) is 0 Å². The molecule has 2 fully saturated rings. The Balaban J connectivity index is 1.63.